The van der Waals surface area contributed by atoms with Crippen LogP contribution in [-0.4, -0.2) is 0 Å². The summed E-state index contributed by atoms with van der Waals surface area (Å²) in [6.45, 7) is 13.6. The normalized spacial score (nSPS) is 30.6. The van der Waals surface area contributed by atoms with E-state index in [9.17, 15) is 0 Å². The summed E-state index contributed by atoms with van der Waals surface area (Å²) in [5.41, 5.74) is 3.27. The average molecular weight is 218 g/mol. The van der Waals surface area contributed by atoms with Gasteiger partial charge in [-0.2, -0.15) is 0 Å². The highest BCUT2D eigenvalue weighted by Gasteiger charge is 2.33. The Morgan fingerprint density at radius 1 is 1.44 bits per heavy atom. The fraction of sp³-hybridized carbons (Fsp3) is 0.625. The molecule has 0 aromatic heterocycles. The van der Waals surface area contributed by atoms with E-state index < -0.39 is 0 Å². The summed E-state index contributed by atoms with van der Waals surface area (Å²) in [5.74, 6) is 1.32. The van der Waals surface area contributed by atoms with E-state index in [1.807, 2.05) is 0 Å². The third-order valence-electron chi connectivity index (χ3n) is 3.73. The van der Waals surface area contributed by atoms with Crippen LogP contribution < -0.4 is 0 Å². The lowest BCUT2D eigenvalue weighted by Crippen LogP contribution is -2.29. The van der Waals surface area contributed by atoms with Gasteiger partial charge in [0.25, 0.3) is 0 Å². The molecule has 0 amide bonds. The Morgan fingerprint density at radius 3 is 2.56 bits per heavy atom. The van der Waals surface area contributed by atoms with E-state index in [2.05, 4.69) is 65.8 Å². The van der Waals surface area contributed by atoms with Crippen LogP contribution in [0.15, 0.2) is 35.5 Å². The van der Waals surface area contributed by atoms with Gasteiger partial charge in [0.15, 0.2) is 0 Å². The molecule has 0 heterocycles. The third kappa shape index (κ3) is 3.10. The standard InChI is InChI=1S/C16H26/c1-7-12(2)8-9-15-14(4)10-13(3)11-16(15,5)6/h7-10,13,15H,11H2,1-6H3/b9-8+,12-7+/t13-,15?/m0/s1. The van der Waals surface area contributed by atoms with Gasteiger partial charge < -0.3 is 0 Å². The second-order valence-corrected chi connectivity index (χ2v) is 5.95. The van der Waals surface area contributed by atoms with Crippen molar-refractivity contribution in [2.24, 2.45) is 17.3 Å². The van der Waals surface area contributed by atoms with Crippen molar-refractivity contribution in [3.63, 3.8) is 0 Å². The van der Waals surface area contributed by atoms with Gasteiger partial charge in [-0.3, -0.25) is 0 Å². The molecule has 16 heavy (non-hydrogen) atoms. The average Bonchev–Trinajstić information content (AvgIpc) is 2.14. The van der Waals surface area contributed by atoms with Crippen molar-refractivity contribution in [2.75, 3.05) is 0 Å². The molecule has 1 aliphatic rings. The van der Waals surface area contributed by atoms with E-state index in [1.165, 1.54) is 17.6 Å². The van der Waals surface area contributed by atoms with Gasteiger partial charge in [0.05, 0.1) is 0 Å². The largest absolute Gasteiger partial charge is 0.0847 e. The van der Waals surface area contributed by atoms with E-state index in [1.54, 1.807) is 0 Å². The molecule has 0 bridgehead atoms. The maximum atomic E-state index is 2.44. The van der Waals surface area contributed by atoms with Crippen molar-refractivity contribution in [1.29, 1.82) is 0 Å². The van der Waals surface area contributed by atoms with Crippen molar-refractivity contribution in [3.8, 4) is 0 Å². The lowest BCUT2D eigenvalue weighted by Gasteiger charge is -2.39. The first-order valence-electron chi connectivity index (χ1n) is 6.36. The summed E-state index contributed by atoms with van der Waals surface area (Å²) in [5, 5.41) is 0. The van der Waals surface area contributed by atoms with Gasteiger partial charge in [-0.05, 0) is 38.5 Å². The van der Waals surface area contributed by atoms with Crippen LogP contribution >= 0.6 is 0 Å². The molecule has 0 aromatic rings. The summed E-state index contributed by atoms with van der Waals surface area (Å²) < 4.78 is 0. The van der Waals surface area contributed by atoms with Crippen LogP contribution in [-0.2, 0) is 0 Å². The zero-order valence-corrected chi connectivity index (χ0v) is 11.7. The van der Waals surface area contributed by atoms with Crippen LogP contribution in [0.3, 0.4) is 0 Å². The Labute approximate surface area is 101 Å². The van der Waals surface area contributed by atoms with Crippen molar-refractivity contribution < 1.29 is 0 Å². The number of rotatable bonds is 2. The molecular formula is C16H26. The van der Waals surface area contributed by atoms with E-state index in [4.69, 9.17) is 0 Å². The first-order chi connectivity index (χ1) is 7.36. The molecule has 0 saturated carbocycles. The van der Waals surface area contributed by atoms with Crippen LogP contribution in [0, 0.1) is 17.3 Å². The van der Waals surface area contributed by atoms with Crippen molar-refractivity contribution >= 4 is 0 Å². The van der Waals surface area contributed by atoms with Gasteiger partial charge in [-0.15, -0.1) is 0 Å². The minimum absolute atomic E-state index is 0.392. The van der Waals surface area contributed by atoms with Crippen molar-refractivity contribution in [1.82, 2.24) is 0 Å². The summed E-state index contributed by atoms with van der Waals surface area (Å²) >= 11 is 0. The number of hydrogen-bond donors (Lipinski definition) is 0. The fourth-order valence-electron chi connectivity index (χ4n) is 2.94. The first-order valence-corrected chi connectivity index (χ1v) is 6.36. The lowest BCUT2D eigenvalue weighted by atomic mass is 9.66. The van der Waals surface area contributed by atoms with E-state index in [0.717, 1.165) is 5.92 Å². The van der Waals surface area contributed by atoms with E-state index in [0.29, 0.717) is 11.3 Å². The van der Waals surface area contributed by atoms with Gasteiger partial charge in [-0.25, -0.2) is 0 Å². The first kappa shape index (κ1) is 13.3. The van der Waals surface area contributed by atoms with Crippen LogP contribution in [0.5, 0.6) is 0 Å². The van der Waals surface area contributed by atoms with Crippen LogP contribution in [0.1, 0.15) is 48.0 Å². The second kappa shape index (κ2) is 5.03. The predicted octanol–water partition coefficient (Wildman–Crippen LogP) is 5.14. The van der Waals surface area contributed by atoms with E-state index in [-0.39, 0.29) is 0 Å². The van der Waals surface area contributed by atoms with Gasteiger partial charge >= 0.3 is 0 Å². The smallest absolute Gasteiger partial charge is 0.00287 e. The third-order valence-corrected chi connectivity index (χ3v) is 3.73. The SMILES string of the molecule is C/C=C(C)/C=C/C1C(C)=C[C@H](C)CC1(C)C. The Morgan fingerprint density at radius 2 is 2.06 bits per heavy atom. The molecule has 1 rings (SSSR count). The molecule has 0 aromatic carbocycles. The highest BCUT2D eigenvalue weighted by atomic mass is 14.4. The van der Waals surface area contributed by atoms with Crippen LogP contribution in [0.2, 0.25) is 0 Å². The molecule has 0 N–H and O–H groups in total. The molecule has 0 radical (unpaired) electrons. The summed E-state index contributed by atoms with van der Waals surface area (Å²) in [4.78, 5) is 0. The van der Waals surface area contributed by atoms with Gasteiger partial charge in [-0.1, -0.05) is 56.2 Å². The second-order valence-electron chi connectivity index (χ2n) is 5.95. The quantitative estimate of drug-likeness (QED) is 0.445. The maximum Gasteiger partial charge on any atom is 0.00287 e. The van der Waals surface area contributed by atoms with E-state index >= 15 is 0 Å². The molecule has 0 spiro atoms. The highest BCUT2D eigenvalue weighted by molar-refractivity contribution is 5.24. The summed E-state index contributed by atoms with van der Waals surface area (Å²) in [6.07, 6.45) is 10.5. The van der Waals surface area contributed by atoms with Crippen LogP contribution in [0.4, 0.5) is 0 Å². The number of hydrogen-bond acceptors (Lipinski definition) is 0. The molecule has 90 valence electrons. The van der Waals surface area contributed by atoms with Gasteiger partial charge in [0.1, 0.15) is 0 Å². The number of allylic oxidation sites excluding steroid dienone is 6. The van der Waals surface area contributed by atoms with Crippen molar-refractivity contribution in [2.45, 2.75) is 48.0 Å². The topological polar surface area (TPSA) is 0 Å². The van der Waals surface area contributed by atoms with Gasteiger partial charge in [0.2, 0.25) is 0 Å². The molecule has 0 aliphatic heterocycles. The van der Waals surface area contributed by atoms with Crippen LogP contribution in [0.25, 0.3) is 0 Å². The molecule has 0 nitrogen and oxygen atoms in total. The van der Waals surface area contributed by atoms with Crippen molar-refractivity contribution in [3.05, 3.63) is 35.5 Å². The Bertz CT molecular complexity index is 326. The fourth-order valence-corrected chi connectivity index (χ4v) is 2.94. The molecular weight excluding hydrogens is 192 g/mol. The molecule has 1 aliphatic carbocycles. The lowest BCUT2D eigenvalue weighted by molar-refractivity contribution is 0.223. The molecule has 2 atom stereocenters. The Balaban J connectivity index is 2.93. The minimum atomic E-state index is 0.392. The Kier molecular flexibility index (Phi) is 4.18. The molecule has 0 heteroatoms. The zero-order chi connectivity index (χ0) is 12.3. The molecule has 1 unspecified atom stereocenters. The predicted molar refractivity (Wildman–Crippen MR) is 73.4 cm³/mol. The summed E-state index contributed by atoms with van der Waals surface area (Å²) in [6, 6.07) is 0. The van der Waals surface area contributed by atoms with Gasteiger partial charge in [0, 0.05) is 5.92 Å². The molecule has 0 fully saturated rings. The molecule has 0 saturated heterocycles. The Hall–Kier alpha value is -0.780. The maximum absolute atomic E-state index is 2.44. The minimum Gasteiger partial charge on any atom is -0.0847 e. The highest BCUT2D eigenvalue weighted by Crippen LogP contribution is 2.43. The monoisotopic (exact) mass is 218 g/mol. The summed E-state index contributed by atoms with van der Waals surface area (Å²) in [7, 11) is 0. The zero-order valence-electron chi connectivity index (χ0n) is 11.7.